The van der Waals surface area contributed by atoms with Crippen molar-refractivity contribution in [2.24, 2.45) is 0 Å². The molecule has 5 heteroatoms. The first-order chi connectivity index (χ1) is 8.85. The smallest absolute Gasteiger partial charge is 0.413 e. The van der Waals surface area contributed by atoms with Crippen molar-refractivity contribution >= 4 is 34.3 Å². The molecule has 1 amide bonds. The van der Waals surface area contributed by atoms with E-state index in [4.69, 9.17) is 16.3 Å². The molecule has 1 N–H and O–H groups in total. The van der Waals surface area contributed by atoms with Gasteiger partial charge in [-0.3, -0.25) is 5.32 Å². The number of nitrogens with one attached hydrogen (secondary N) is 1. The number of amides is 1. The van der Waals surface area contributed by atoms with E-state index < -0.39 is 11.7 Å². The number of halogens is 1. The summed E-state index contributed by atoms with van der Waals surface area (Å²) in [7, 11) is 0. The van der Waals surface area contributed by atoms with E-state index in [1.807, 2.05) is 12.1 Å². The summed E-state index contributed by atoms with van der Waals surface area (Å²) in [5.74, 6) is 0.412. The molecule has 0 aliphatic heterocycles. The number of nitrogens with zero attached hydrogens (tertiary/aromatic N) is 1. The Labute approximate surface area is 116 Å². The number of hydrogen-bond acceptors (Lipinski definition) is 3. The van der Waals surface area contributed by atoms with Gasteiger partial charge in [0.05, 0.1) is 0 Å². The summed E-state index contributed by atoms with van der Waals surface area (Å²) in [6.07, 6.45) is 1.12. The molecule has 0 bridgehead atoms. The van der Waals surface area contributed by atoms with Gasteiger partial charge in [-0.25, -0.2) is 9.78 Å². The molecule has 2 aromatic rings. The van der Waals surface area contributed by atoms with Gasteiger partial charge < -0.3 is 4.74 Å². The highest BCUT2D eigenvalue weighted by molar-refractivity contribution is 6.35. The average Bonchev–Trinajstić information content (AvgIpc) is 2.27. The van der Waals surface area contributed by atoms with E-state index in [1.165, 1.54) is 0 Å². The number of benzene rings is 1. The fraction of sp³-hybridized carbons (Fsp3) is 0.286. The van der Waals surface area contributed by atoms with Crippen molar-refractivity contribution in [1.29, 1.82) is 0 Å². The van der Waals surface area contributed by atoms with Gasteiger partial charge >= 0.3 is 6.09 Å². The van der Waals surface area contributed by atoms with Crippen LogP contribution in [-0.4, -0.2) is 16.7 Å². The summed E-state index contributed by atoms with van der Waals surface area (Å²) in [6, 6.07) is 7.28. The predicted octanol–water partition coefficient (Wildman–Crippen LogP) is 4.24. The first kappa shape index (κ1) is 13.6. The van der Waals surface area contributed by atoms with Crippen molar-refractivity contribution < 1.29 is 9.53 Å². The van der Waals surface area contributed by atoms with Gasteiger partial charge in [0.2, 0.25) is 0 Å². The largest absolute Gasteiger partial charge is 0.444 e. The first-order valence-electron chi connectivity index (χ1n) is 5.89. The Balaban J connectivity index is 2.22. The zero-order chi connectivity index (χ0) is 14.0. The second kappa shape index (κ2) is 5.05. The van der Waals surface area contributed by atoms with E-state index in [2.05, 4.69) is 10.3 Å². The fourth-order valence-electron chi connectivity index (χ4n) is 1.61. The van der Waals surface area contributed by atoms with Gasteiger partial charge in [0, 0.05) is 22.0 Å². The number of anilines is 1. The number of hydrogen-bond donors (Lipinski definition) is 1. The Bertz CT molecular complexity index is 620. The van der Waals surface area contributed by atoms with Crippen LogP contribution in [-0.2, 0) is 4.74 Å². The molecule has 1 aromatic heterocycles. The predicted molar refractivity (Wildman–Crippen MR) is 76.6 cm³/mol. The maximum Gasteiger partial charge on any atom is 0.413 e. The molecular formula is C14H15ClN2O2. The molecular weight excluding hydrogens is 264 g/mol. The summed E-state index contributed by atoms with van der Waals surface area (Å²) >= 11 is 6.10. The summed E-state index contributed by atoms with van der Waals surface area (Å²) in [4.78, 5) is 15.8. The molecule has 1 heterocycles. The van der Waals surface area contributed by atoms with Crippen LogP contribution in [0.3, 0.4) is 0 Å². The summed E-state index contributed by atoms with van der Waals surface area (Å²) in [5, 5.41) is 4.96. The molecule has 0 fully saturated rings. The Morgan fingerprint density at radius 2 is 2.11 bits per heavy atom. The van der Waals surface area contributed by atoms with Gasteiger partial charge in [-0.15, -0.1) is 0 Å². The molecule has 1 aromatic carbocycles. The van der Waals surface area contributed by atoms with Gasteiger partial charge in [-0.2, -0.15) is 0 Å². The van der Waals surface area contributed by atoms with Gasteiger partial charge in [-0.05, 0) is 32.9 Å². The molecule has 4 nitrogen and oxygen atoms in total. The lowest BCUT2D eigenvalue weighted by atomic mass is 10.2. The lowest BCUT2D eigenvalue weighted by Crippen LogP contribution is -2.27. The Morgan fingerprint density at radius 3 is 2.79 bits per heavy atom. The minimum absolute atomic E-state index is 0.412. The van der Waals surface area contributed by atoms with E-state index >= 15 is 0 Å². The van der Waals surface area contributed by atoms with Gasteiger partial charge in [0.15, 0.2) is 0 Å². The van der Waals surface area contributed by atoms with E-state index in [9.17, 15) is 4.79 Å². The SMILES string of the molecule is CC(C)(C)OC(=O)Nc1cc2c(Cl)cccc2cn1. The van der Waals surface area contributed by atoms with Crippen LogP contribution in [0.25, 0.3) is 10.8 Å². The van der Waals surface area contributed by atoms with Crippen LogP contribution < -0.4 is 5.32 Å². The number of fused-ring (bicyclic) bond motifs is 1. The maximum absolute atomic E-state index is 11.6. The lowest BCUT2D eigenvalue weighted by Gasteiger charge is -2.19. The summed E-state index contributed by atoms with van der Waals surface area (Å²) in [6.45, 7) is 5.41. The van der Waals surface area contributed by atoms with Crippen LogP contribution in [0.1, 0.15) is 20.8 Å². The second-order valence-corrected chi connectivity index (χ2v) is 5.56. The monoisotopic (exact) mass is 278 g/mol. The third-order valence-electron chi connectivity index (χ3n) is 2.34. The highest BCUT2D eigenvalue weighted by Gasteiger charge is 2.16. The standard InChI is InChI=1S/C14H15ClN2O2/c1-14(2,3)19-13(18)17-12-7-10-9(8-16-12)5-4-6-11(10)15/h4-8H,1-3H3,(H,16,17,18). The van der Waals surface area contributed by atoms with Gasteiger partial charge in [-0.1, -0.05) is 23.7 Å². The lowest BCUT2D eigenvalue weighted by molar-refractivity contribution is 0.0635. The number of carbonyl (C=O) groups excluding carboxylic acids is 1. The average molecular weight is 279 g/mol. The molecule has 0 saturated carbocycles. The maximum atomic E-state index is 11.6. The van der Waals surface area contributed by atoms with E-state index in [-0.39, 0.29) is 0 Å². The number of pyridine rings is 1. The highest BCUT2D eigenvalue weighted by Crippen LogP contribution is 2.24. The van der Waals surface area contributed by atoms with E-state index in [1.54, 1.807) is 39.1 Å². The first-order valence-corrected chi connectivity index (χ1v) is 6.27. The van der Waals surface area contributed by atoms with Crippen molar-refractivity contribution in [3.63, 3.8) is 0 Å². The van der Waals surface area contributed by atoms with Gasteiger partial charge in [0.25, 0.3) is 0 Å². The second-order valence-electron chi connectivity index (χ2n) is 5.16. The molecule has 0 saturated heterocycles. The van der Waals surface area contributed by atoms with Crippen molar-refractivity contribution in [3.05, 3.63) is 35.5 Å². The quantitative estimate of drug-likeness (QED) is 0.849. The third kappa shape index (κ3) is 3.58. The molecule has 0 radical (unpaired) electrons. The van der Waals surface area contributed by atoms with Crippen LogP contribution in [0, 0.1) is 0 Å². The molecule has 100 valence electrons. The zero-order valence-corrected chi connectivity index (χ0v) is 11.8. The summed E-state index contributed by atoms with van der Waals surface area (Å²) < 4.78 is 5.16. The number of aromatic nitrogens is 1. The number of ether oxygens (including phenoxy) is 1. The molecule has 19 heavy (non-hydrogen) atoms. The Morgan fingerprint density at radius 1 is 1.37 bits per heavy atom. The van der Waals surface area contributed by atoms with E-state index in [0.717, 1.165) is 10.8 Å². The van der Waals surface area contributed by atoms with Crippen LogP contribution in [0.4, 0.5) is 10.6 Å². The number of carbonyl (C=O) groups is 1. The van der Waals surface area contributed by atoms with Crippen molar-refractivity contribution in [3.8, 4) is 0 Å². The molecule has 0 aliphatic rings. The normalized spacial score (nSPS) is 11.4. The van der Waals surface area contributed by atoms with Crippen LogP contribution in [0.5, 0.6) is 0 Å². The fourth-order valence-corrected chi connectivity index (χ4v) is 1.84. The minimum Gasteiger partial charge on any atom is -0.444 e. The van der Waals surface area contributed by atoms with Crippen LogP contribution in [0.15, 0.2) is 30.5 Å². The Kier molecular flexibility index (Phi) is 3.62. The summed E-state index contributed by atoms with van der Waals surface area (Å²) in [5.41, 5.74) is -0.543. The van der Waals surface area contributed by atoms with Crippen molar-refractivity contribution in [1.82, 2.24) is 4.98 Å². The van der Waals surface area contributed by atoms with Crippen molar-refractivity contribution in [2.45, 2.75) is 26.4 Å². The molecule has 0 unspecified atom stereocenters. The minimum atomic E-state index is -0.543. The zero-order valence-electron chi connectivity index (χ0n) is 11.0. The molecule has 2 rings (SSSR count). The number of rotatable bonds is 1. The third-order valence-corrected chi connectivity index (χ3v) is 2.67. The topological polar surface area (TPSA) is 51.2 Å². The van der Waals surface area contributed by atoms with Gasteiger partial charge in [0.1, 0.15) is 11.4 Å². The highest BCUT2D eigenvalue weighted by atomic mass is 35.5. The van der Waals surface area contributed by atoms with Crippen LogP contribution in [0.2, 0.25) is 5.02 Å². The van der Waals surface area contributed by atoms with Crippen LogP contribution >= 0.6 is 11.6 Å². The molecule has 0 atom stereocenters. The molecule has 0 spiro atoms. The van der Waals surface area contributed by atoms with Crippen molar-refractivity contribution in [2.75, 3.05) is 5.32 Å². The van der Waals surface area contributed by atoms with E-state index in [0.29, 0.717) is 10.8 Å². The molecule has 0 aliphatic carbocycles. The Hall–Kier alpha value is -1.81.